The minimum Gasteiger partial charge on any atom is -0.394 e. The molecule has 0 amide bonds. The van der Waals surface area contributed by atoms with E-state index in [1.54, 1.807) is 5.38 Å². The second-order valence-corrected chi connectivity index (χ2v) is 6.05. The Labute approximate surface area is 123 Å². The van der Waals surface area contributed by atoms with Crippen molar-refractivity contribution in [2.75, 3.05) is 12.4 Å². The smallest absolute Gasteiger partial charge is 0.135 e. The highest BCUT2D eigenvalue weighted by atomic mass is 32.2. The van der Waals surface area contributed by atoms with Gasteiger partial charge in [-0.1, -0.05) is 6.07 Å². The van der Waals surface area contributed by atoms with E-state index in [0.29, 0.717) is 11.5 Å². The van der Waals surface area contributed by atoms with Crippen LogP contribution in [-0.2, 0) is 5.75 Å². The fraction of sp³-hybridized carbons (Fsp3) is 0.308. The zero-order chi connectivity index (χ0) is 14.5. The van der Waals surface area contributed by atoms with Crippen molar-refractivity contribution in [3.05, 3.63) is 40.2 Å². The predicted molar refractivity (Wildman–Crippen MR) is 76.7 cm³/mol. The van der Waals surface area contributed by atoms with E-state index >= 15 is 0 Å². The van der Waals surface area contributed by atoms with Crippen LogP contribution < -0.4 is 0 Å². The standard InChI is InChI=1S/C13H13F2NO2S2/c14-9-2-1-3-10(15)13(9)11-6-20-12(16-11)7-19-5-8(18)4-17/h1-3,6,8,17-18H,4-5,7H2. The first kappa shape index (κ1) is 15.4. The highest BCUT2D eigenvalue weighted by molar-refractivity contribution is 7.98. The molecule has 1 heterocycles. The number of hydrogen-bond acceptors (Lipinski definition) is 5. The summed E-state index contributed by atoms with van der Waals surface area (Å²) < 4.78 is 27.2. The molecule has 0 saturated heterocycles. The van der Waals surface area contributed by atoms with Gasteiger partial charge < -0.3 is 10.2 Å². The molecule has 0 radical (unpaired) electrons. The second-order valence-electron chi connectivity index (χ2n) is 4.07. The highest BCUT2D eigenvalue weighted by Gasteiger charge is 2.14. The summed E-state index contributed by atoms with van der Waals surface area (Å²) in [5.41, 5.74) is 0.166. The molecule has 1 aromatic heterocycles. The van der Waals surface area contributed by atoms with Crippen molar-refractivity contribution >= 4 is 23.1 Å². The van der Waals surface area contributed by atoms with Crippen LogP contribution in [0.2, 0.25) is 0 Å². The summed E-state index contributed by atoms with van der Waals surface area (Å²) in [5, 5.41) is 20.2. The van der Waals surface area contributed by atoms with E-state index in [9.17, 15) is 13.9 Å². The van der Waals surface area contributed by atoms with Crippen LogP contribution in [0.3, 0.4) is 0 Å². The lowest BCUT2D eigenvalue weighted by atomic mass is 10.1. The van der Waals surface area contributed by atoms with Gasteiger partial charge in [0, 0.05) is 16.9 Å². The molecule has 0 aliphatic heterocycles. The molecule has 1 unspecified atom stereocenters. The number of aromatic nitrogens is 1. The maximum atomic E-state index is 13.6. The number of hydrogen-bond donors (Lipinski definition) is 2. The van der Waals surface area contributed by atoms with Crippen LogP contribution in [0.25, 0.3) is 11.3 Å². The number of thiazole rings is 1. The van der Waals surface area contributed by atoms with Crippen LogP contribution in [0.4, 0.5) is 8.78 Å². The number of halogens is 2. The molecule has 7 heteroatoms. The normalized spacial score (nSPS) is 12.6. The molecule has 0 aliphatic rings. The van der Waals surface area contributed by atoms with E-state index < -0.39 is 17.7 Å². The van der Waals surface area contributed by atoms with Crippen molar-refractivity contribution in [3.63, 3.8) is 0 Å². The van der Waals surface area contributed by atoms with Crippen LogP contribution in [0.5, 0.6) is 0 Å². The molecule has 20 heavy (non-hydrogen) atoms. The van der Waals surface area contributed by atoms with Crippen molar-refractivity contribution in [1.29, 1.82) is 0 Å². The Hall–Kier alpha value is -1.02. The summed E-state index contributed by atoms with van der Waals surface area (Å²) >= 11 is 2.72. The molecule has 1 aromatic carbocycles. The molecule has 3 nitrogen and oxygen atoms in total. The number of thioether (sulfide) groups is 1. The summed E-state index contributed by atoms with van der Waals surface area (Å²) in [7, 11) is 0. The van der Waals surface area contributed by atoms with Crippen LogP contribution in [0.1, 0.15) is 5.01 Å². The average Bonchev–Trinajstić information content (AvgIpc) is 2.87. The third-order valence-electron chi connectivity index (χ3n) is 2.52. The Kier molecular flexibility index (Phi) is 5.47. The van der Waals surface area contributed by atoms with Crippen molar-refractivity contribution in [1.82, 2.24) is 4.98 Å². The molecular weight excluding hydrogens is 304 g/mol. The first-order valence-electron chi connectivity index (χ1n) is 5.87. The van der Waals surface area contributed by atoms with E-state index in [1.165, 1.54) is 41.3 Å². The van der Waals surface area contributed by atoms with E-state index in [-0.39, 0.29) is 17.9 Å². The first-order chi connectivity index (χ1) is 9.61. The van der Waals surface area contributed by atoms with Crippen LogP contribution >= 0.6 is 23.1 Å². The zero-order valence-electron chi connectivity index (χ0n) is 10.4. The Morgan fingerprint density at radius 3 is 2.65 bits per heavy atom. The van der Waals surface area contributed by atoms with Crippen molar-refractivity contribution < 1.29 is 19.0 Å². The summed E-state index contributed by atoms with van der Waals surface area (Å²) in [6.07, 6.45) is -0.761. The Morgan fingerprint density at radius 1 is 1.30 bits per heavy atom. The lowest BCUT2D eigenvalue weighted by Gasteiger charge is -2.04. The van der Waals surface area contributed by atoms with Gasteiger partial charge >= 0.3 is 0 Å². The zero-order valence-corrected chi connectivity index (χ0v) is 12.1. The molecular formula is C13H13F2NO2S2. The van der Waals surface area contributed by atoms with Gasteiger partial charge in [0.15, 0.2) is 0 Å². The quantitative estimate of drug-likeness (QED) is 0.860. The Bertz CT molecular complexity index is 557. The van der Waals surface area contributed by atoms with Crippen molar-refractivity contribution in [3.8, 4) is 11.3 Å². The third kappa shape index (κ3) is 3.76. The number of aliphatic hydroxyl groups excluding tert-OH is 2. The number of nitrogens with zero attached hydrogens (tertiary/aromatic N) is 1. The predicted octanol–water partition coefficient (Wildman–Crippen LogP) is 2.67. The summed E-state index contributed by atoms with van der Waals surface area (Å²) in [6, 6.07) is 3.71. The lowest BCUT2D eigenvalue weighted by Crippen LogP contribution is -2.14. The Morgan fingerprint density at radius 2 is 2.00 bits per heavy atom. The molecule has 0 fully saturated rings. The van der Waals surface area contributed by atoms with E-state index in [0.717, 1.165) is 5.01 Å². The summed E-state index contributed by atoms with van der Waals surface area (Å²) in [6.45, 7) is -0.281. The molecule has 108 valence electrons. The largest absolute Gasteiger partial charge is 0.394 e. The van der Waals surface area contributed by atoms with Crippen molar-refractivity contribution in [2.24, 2.45) is 0 Å². The van der Waals surface area contributed by atoms with Gasteiger partial charge in [0.1, 0.15) is 16.6 Å². The van der Waals surface area contributed by atoms with Crippen LogP contribution in [-0.4, -0.2) is 33.7 Å². The van der Waals surface area contributed by atoms with Crippen LogP contribution in [0, 0.1) is 11.6 Å². The molecule has 2 aromatic rings. The molecule has 0 aliphatic carbocycles. The fourth-order valence-corrected chi connectivity index (χ4v) is 3.40. The van der Waals surface area contributed by atoms with Gasteiger partial charge in [-0.05, 0) is 12.1 Å². The van der Waals surface area contributed by atoms with E-state index in [2.05, 4.69) is 4.98 Å². The van der Waals surface area contributed by atoms with Gasteiger partial charge in [0.2, 0.25) is 0 Å². The van der Waals surface area contributed by atoms with Gasteiger partial charge in [0.25, 0.3) is 0 Å². The Balaban J connectivity index is 2.06. The SMILES string of the molecule is OCC(O)CSCc1nc(-c2c(F)cccc2F)cs1. The minimum absolute atomic E-state index is 0.115. The highest BCUT2D eigenvalue weighted by Crippen LogP contribution is 2.28. The van der Waals surface area contributed by atoms with Gasteiger partial charge in [0.05, 0.1) is 24.0 Å². The second kappa shape index (κ2) is 7.12. The molecule has 0 spiro atoms. The molecule has 1 atom stereocenters. The van der Waals surface area contributed by atoms with Gasteiger partial charge in [-0.2, -0.15) is 11.8 Å². The number of rotatable bonds is 6. The lowest BCUT2D eigenvalue weighted by molar-refractivity contribution is 0.113. The summed E-state index contributed by atoms with van der Waals surface area (Å²) in [5.74, 6) is -0.354. The van der Waals surface area contributed by atoms with Crippen LogP contribution in [0.15, 0.2) is 23.6 Å². The number of aliphatic hydroxyl groups is 2. The maximum Gasteiger partial charge on any atom is 0.135 e. The van der Waals surface area contributed by atoms with E-state index in [1.807, 2.05) is 0 Å². The minimum atomic E-state index is -0.761. The van der Waals surface area contributed by atoms with Crippen molar-refractivity contribution in [2.45, 2.75) is 11.9 Å². The maximum absolute atomic E-state index is 13.6. The monoisotopic (exact) mass is 317 g/mol. The first-order valence-corrected chi connectivity index (χ1v) is 7.90. The fourth-order valence-electron chi connectivity index (χ4n) is 1.57. The van der Waals surface area contributed by atoms with Gasteiger partial charge in [-0.15, -0.1) is 11.3 Å². The topological polar surface area (TPSA) is 53.4 Å². The van der Waals surface area contributed by atoms with E-state index in [4.69, 9.17) is 5.11 Å². The average molecular weight is 317 g/mol. The molecule has 2 N–H and O–H groups in total. The van der Waals surface area contributed by atoms with Gasteiger partial charge in [-0.3, -0.25) is 0 Å². The molecule has 2 rings (SSSR count). The third-order valence-corrected chi connectivity index (χ3v) is 4.65. The number of benzene rings is 1. The summed E-state index contributed by atoms with van der Waals surface area (Å²) in [4.78, 5) is 4.20. The molecule has 0 bridgehead atoms. The molecule has 0 saturated carbocycles. The van der Waals surface area contributed by atoms with Gasteiger partial charge in [-0.25, -0.2) is 13.8 Å².